The van der Waals surface area contributed by atoms with Gasteiger partial charge in [0.05, 0.1) is 4.88 Å². The molecule has 1 saturated carbocycles. The van der Waals surface area contributed by atoms with Crippen LogP contribution in [0.3, 0.4) is 0 Å². The lowest BCUT2D eigenvalue weighted by molar-refractivity contribution is -0.139. The number of hydrogen-bond donors (Lipinski definition) is 3. The molecule has 2 heterocycles. The summed E-state index contributed by atoms with van der Waals surface area (Å²) in [5.41, 5.74) is 2.01. The summed E-state index contributed by atoms with van der Waals surface area (Å²) in [6.45, 7) is 0.293. The molecule has 1 aromatic carbocycles. The number of ether oxygens (including phenoxy) is 1. The van der Waals surface area contributed by atoms with E-state index in [2.05, 4.69) is 16.7 Å². The SMILES string of the molecule is O=C(O)COc1csc(-c2cccc(NCc3ccc(C(=O)NC4CCCCC4)s3)c2)c1. The third kappa shape index (κ3) is 6.11. The van der Waals surface area contributed by atoms with Gasteiger partial charge in [0.2, 0.25) is 0 Å². The van der Waals surface area contributed by atoms with E-state index in [1.54, 1.807) is 0 Å². The number of amides is 1. The van der Waals surface area contributed by atoms with Gasteiger partial charge in [-0.2, -0.15) is 0 Å². The van der Waals surface area contributed by atoms with E-state index in [1.165, 1.54) is 41.9 Å². The molecule has 0 saturated heterocycles. The van der Waals surface area contributed by atoms with Crippen LogP contribution in [0.15, 0.2) is 47.8 Å². The van der Waals surface area contributed by atoms with Crippen LogP contribution in [0, 0.1) is 0 Å². The Bertz CT molecular complexity index is 1070. The van der Waals surface area contributed by atoms with Gasteiger partial charge in [0, 0.05) is 33.4 Å². The molecule has 0 spiro atoms. The maximum atomic E-state index is 12.5. The molecule has 8 heteroatoms. The van der Waals surface area contributed by atoms with E-state index in [4.69, 9.17) is 9.84 Å². The quantitative estimate of drug-likeness (QED) is 0.378. The first-order valence-corrected chi connectivity index (χ1v) is 12.4. The van der Waals surface area contributed by atoms with Crippen molar-refractivity contribution in [1.82, 2.24) is 5.32 Å². The van der Waals surface area contributed by atoms with Crippen molar-refractivity contribution in [1.29, 1.82) is 0 Å². The van der Waals surface area contributed by atoms with Crippen molar-refractivity contribution in [2.45, 2.75) is 44.7 Å². The summed E-state index contributed by atoms with van der Waals surface area (Å²) in [7, 11) is 0. The zero-order chi connectivity index (χ0) is 22.3. The maximum absolute atomic E-state index is 12.5. The molecule has 3 N–H and O–H groups in total. The van der Waals surface area contributed by atoms with E-state index in [1.807, 2.05) is 41.8 Å². The van der Waals surface area contributed by atoms with Gasteiger partial charge in [0.15, 0.2) is 6.61 Å². The number of carbonyl (C=O) groups is 2. The maximum Gasteiger partial charge on any atom is 0.341 e. The smallest absolute Gasteiger partial charge is 0.341 e. The molecular formula is C24H26N2O4S2. The van der Waals surface area contributed by atoms with Gasteiger partial charge in [-0.05, 0) is 48.7 Å². The molecule has 1 fully saturated rings. The molecule has 0 radical (unpaired) electrons. The van der Waals surface area contributed by atoms with Gasteiger partial charge in [0.25, 0.3) is 5.91 Å². The Hall–Kier alpha value is -2.84. The van der Waals surface area contributed by atoms with Crippen molar-refractivity contribution in [2.75, 3.05) is 11.9 Å². The van der Waals surface area contributed by atoms with Gasteiger partial charge in [-0.1, -0.05) is 31.4 Å². The van der Waals surface area contributed by atoms with Crippen LogP contribution < -0.4 is 15.4 Å². The Balaban J connectivity index is 1.32. The zero-order valence-electron chi connectivity index (χ0n) is 17.6. The normalized spacial score (nSPS) is 14.1. The summed E-state index contributed by atoms with van der Waals surface area (Å²) in [5, 5.41) is 17.2. The molecule has 4 rings (SSSR count). The molecule has 1 aliphatic rings. The number of aliphatic carboxylic acids is 1. The van der Waals surface area contributed by atoms with Crippen molar-refractivity contribution >= 4 is 40.2 Å². The van der Waals surface area contributed by atoms with Gasteiger partial charge >= 0.3 is 5.97 Å². The minimum atomic E-state index is -0.993. The highest BCUT2D eigenvalue weighted by Crippen LogP contribution is 2.32. The van der Waals surface area contributed by atoms with Crippen molar-refractivity contribution < 1.29 is 19.4 Å². The van der Waals surface area contributed by atoms with Crippen LogP contribution in [-0.2, 0) is 11.3 Å². The van der Waals surface area contributed by atoms with Gasteiger partial charge in [0.1, 0.15) is 5.75 Å². The van der Waals surface area contributed by atoms with E-state index in [-0.39, 0.29) is 12.5 Å². The lowest BCUT2D eigenvalue weighted by Crippen LogP contribution is -2.35. The van der Waals surface area contributed by atoms with Crippen LogP contribution in [0.4, 0.5) is 5.69 Å². The molecule has 1 amide bonds. The first-order chi connectivity index (χ1) is 15.6. The van der Waals surface area contributed by atoms with Gasteiger partial charge < -0.3 is 20.5 Å². The molecule has 0 atom stereocenters. The van der Waals surface area contributed by atoms with E-state index in [0.717, 1.165) is 38.7 Å². The average Bonchev–Trinajstić information content (AvgIpc) is 3.47. The first kappa shape index (κ1) is 22.4. The van der Waals surface area contributed by atoms with Crippen LogP contribution in [0.2, 0.25) is 0 Å². The van der Waals surface area contributed by atoms with E-state index in [9.17, 15) is 9.59 Å². The lowest BCUT2D eigenvalue weighted by Gasteiger charge is -2.22. The third-order valence-corrected chi connectivity index (χ3v) is 7.42. The minimum Gasteiger partial charge on any atom is -0.481 e. The fourth-order valence-corrected chi connectivity index (χ4v) is 5.44. The third-order valence-electron chi connectivity index (χ3n) is 5.38. The Morgan fingerprint density at radius 2 is 1.94 bits per heavy atom. The number of anilines is 1. The molecule has 0 bridgehead atoms. The van der Waals surface area contributed by atoms with Crippen molar-refractivity contribution in [3.63, 3.8) is 0 Å². The second-order valence-electron chi connectivity index (χ2n) is 7.84. The molecule has 168 valence electrons. The van der Waals surface area contributed by atoms with Gasteiger partial charge in [-0.25, -0.2) is 4.79 Å². The minimum absolute atomic E-state index is 0.0359. The highest BCUT2D eigenvalue weighted by Gasteiger charge is 2.17. The number of thiophene rings is 2. The van der Waals surface area contributed by atoms with Crippen LogP contribution in [0.25, 0.3) is 10.4 Å². The van der Waals surface area contributed by atoms with Crippen molar-refractivity contribution in [3.8, 4) is 16.2 Å². The molecule has 32 heavy (non-hydrogen) atoms. The Labute approximate surface area is 195 Å². The molecule has 2 aromatic heterocycles. The summed E-state index contributed by atoms with van der Waals surface area (Å²) in [6.07, 6.45) is 5.84. The number of carbonyl (C=O) groups excluding carboxylic acids is 1. The largest absolute Gasteiger partial charge is 0.481 e. The van der Waals surface area contributed by atoms with Crippen LogP contribution in [-0.4, -0.2) is 29.6 Å². The summed E-state index contributed by atoms with van der Waals surface area (Å²) < 4.78 is 5.24. The number of hydrogen-bond acceptors (Lipinski definition) is 6. The molecule has 0 unspecified atom stereocenters. The van der Waals surface area contributed by atoms with Gasteiger partial charge in [-0.15, -0.1) is 22.7 Å². The molecule has 3 aromatic rings. The number of rotatable bonds is 9. The second kappa shape index (κ2) is 10.7. The topological polar surface area (TPSA) is 87.7 Å². The van der Waals surface area contributed by atoms with Gasteiger partial charge in [-0.3, -0.25) is 4.79 Å². The molecule has 6 nitrogen and oxygen atoms in total. The van der Waals surface area contributed by atoms with E-state index < -0.39 is 5.97 Å². The number of carboxylic acid groups (broad SMARTS) is 1. The number of benzene rings is 1. The standard InChI is InChI=1S/C24H26N2O4S2/c27-23(28)14-30-19-12-22(31-15-19)16-5-4-8-18(11-16)25-13-20-9-10-21(32-20)24(29)26-17-6-2-1-3-7-17/h4-5,8-12,15,17,25H,1-3,6-7,13-14H2,(H,26,29)(H,27,28). The predicted octanol–water partition coefficient (Wildman–Crippen LogP) is 5.61. The number of carboxylic acids is 1. The zero-order valence-corrected chi connectivity index (χ0v) is 19.3. The molecular weight excluding hydrogens is 444 g/mol. The van der Waals surface area contributed by atoms with Crippen molar-refractivity contribution in [3.05, 3.63) is 57.6 Å². The Kier molecular flexibility index (Phi) is 7.44. The highest BCUT2D eigenvalue weighted by atomic mass is 32.1. The van der Waals surface area contributed by atoms with Crippen LogP contribution in [0.5, 0.6) is 5.75 Å². The Morgan fingerprint density at radius 1 is 1.09 bits per heavy atom. The van der Waals surface area contributed by atoms with Crippen LogP contribution in [0.1, 0.15) is 46.7 Å². The average molecular weight is 471 g/mol. The summed E-state index contributed by atoms with van der Waals surface area (Å²) >= 11 is 3.03. The van der Waals surface area contributed by atoms with E-state index in [0.29, 0.717) is 18.3 Å². The number of nitrogens with one attached hydrogen (secondary N) is 2. The monoisotopic (exact) mass is 470 g/mol. The lowest BCUT2D eigenvalue weighted by atomic mass is 9.95. The summed E-state index contributed by atoms with van der Waals surface area (Å²) in [6, 6.07) is 14.1. The second-order valence-corrected chi connectivity index (χ2v) is 9.92. The first-order valence-electron chi connectivity index (χ1n) is 10.7. The fraction of sp³-hybridized carbons (Fsp3) is 0.333. The summed E-state index contributed by atoms with van der Waals surface area (Å²) in [4.78, 5) is 26.1. The van der Waals surface area contributed by atoms with Crippen LogP contribution >= 0.6 is 22.7 Å². The Morgan fingerprint density at radius 3 is 2.75 bits per heavy atom. The fourth-order valence-electron chi connectivity index (χ4n) is 3.76. The van der Waals surface area contributed by atoms with Crippen molar-refractivity contribution in [2.24, 2.45) is 0 Å². The summed E-state index contributed by atoms with van der Waals surface area (Å²) in [5.74, 6) is -0.399. The van der Waals surface area contributed by atoms with E-state index >= 15 is 0 Å². The predicted molar refractivity (Wildman–Crippen MR) is 129 cm³/mol. The molecule has 1 aliphatic carbocycles. The molecule has 0 aliphatic heterocycles. The highest BCUT2D eigenvalue weighted by molar-refractivity contribution is 7.14.